The van der Waals surface area contributed by atoms with Crippen molar-refractivity contribution in [2.24, 2.45) is 0 Å². The second kappa shape index (κ2) is 2.89. The highest BCUT2D eigenvalue weighted by molar-refractivity contribution is 8.07. The molecule has 1 aliphatic carbocycles. The molecule has 0 aromatic heterocycles. The molecular weight excluding hydrogens is 233 g/mol. The number of hydrogen-bond acceptors (Lipinski definition) is 4. The van der Waals surface area contributed by atoms with Crippen LogP contribution in [0.5, 0.6) is 0 Å². The number of nitrogens with zero attached hydrogens (tertiary/aromatic N) is 1. The van der Waals surface area contributed by atoms with E-state index in [1.54, 1.807) is 0 Å². The summed E-state index contributed by atoms with van der Waals surface area (Å²) < 4.78 is 57.4. The van der Waals surface area contributed by atoms with Gasteiger partial charge in [-0.25, -0.2) is 16.8 Å². The van der Waals surface area contributed by atoms with Crippen LogP contribution >= 0.6 is 0 Å². The van der Waals surface area contributed by atoms with Gasteiger partial charge in [0.2, 0.25) is 0 Å². The highest BCUT2D eigenvalue weighted by Gasteiger charge is 2.58. The molecule has 82 valence electrons. The van der Waals surface area contributed by atoms with Crippen LogP contribution in [0.4, 0.5) is 4.48 Å². The van der Waals surface area contributed by atoms with E-state index < -0.39 is 34.5 Å². The smallest absolute Gasteiger partial charge is 0.209 e. The third kappa shape index (κ3) is 1.13. The van der Waals surface area contributed by atoms with Crippen LogP contribution in [-0.2, 0) is 20.0 Å². The maximum Gasteiger partial charge on any atom is 0.258 e. The van der Waals surface area contributed by atoms with Crippen LogP contribution < -0.4 is 0 Å². The Bertz CT molecular complexity index is 400. The molecule has 2 rings (SSSR count). The van der Waals surface area contributed by atoms with Gasteiger partial charge in [0.05, 0.1) is 14.4 Å². The lowest BCUT2D eigenvalue weighted by molar-refractivity contribution is 0.255. The molecule has 2 atom stereocenters. The van der Waals surface area contributed by atoms with Gasteiger partial charge >= 0.3 is 0 Å². The molecule has 0 aromatic rings. The Morgan fingerprint density at radius 1 is 0.929 bits per heavy atom. The van der Waals surface area contributed by atoms with Crippen LogP contribution in [0, 0.1) is 0 Å². The lowest BCUT2D eigenvalue weighted by Crippen LogP contribution is -2.32. The van der Waals surface area contributed by atoms with Crippen LogP contribution in [0.2, 0.25) is 0 Å². The number of hydrogen-bond donors (Lipinski definition) is 0. The van der Waals surface area contributed by atoms with Gasteiger partial charge in [-0.1, -0.05) is 12.8 Å². The second-order valence-corrected chi connectivity index (χ2v) is 7.75. The minimum absolute atomic E-state index is 0.243. The van der Waals surface area contributed by atoms with Crippen LogP contribution in [0.25, 0.3) is 0 Å². The van der Waals surface area contributed by atoms with E-state index in [-0.39, 0.29) is 12.8 Å². The van der Waals surface area contributed by atoms with Crippen LogP contribution in [0.15, 0.2) is 0 Å². The van der Waals surface area contributed by atoms with E-state index in [0.29, 0.717) is 12.8 Å². The predicted molar refractivity (Wildman–Crippen MR) is 46.8 cm³/mol. The molecule has 5 nitrogen and oxygen atoms in total. The van der Waals surface area contributed by atoms with Crippen molar-refractivity contribution in [2.75, 3.05) is 0 Å². The van der Waals surface area contributed by atoms with E-state index in [2.05, 4.69) is 0 Å². The summed E-state index contributed by atoms with van der Waals surface area (Å²) in [6.07, 6.45) is 1.77. The first-order valence-electron chi connectivity index (χ1n) is 4.32. The summed E-state index contributed by atoms with van der Waals surface area (Å²) in [5.74, 6) is 0. The summed E-state index contributed by atoms with van der Waals surface area (Å²) in [4.78, 5) is 0. The second-order valence-electron chi connectivity index (χ2n) is 3.60. The maximum atomic E-state index is 13.0. The molecule has 0 aromatic carbocycles. The summed E-state index contributed by atoms with van der Waals surface area (Å²) >= 11 is 0. The van der Waals surface area contributed by atoms with E-state index in [1.165, 1.54) is 0 Å². The van der Waals surface area contributed by atoms with Crippen molar-refractivity contribution in [2.45, 2.75) is 36.2 Å². The third-order valence-electron chi connectivity index (χ3n) is 2.81. The van der Waals surface area contributed by atoms with Crippen molar-refractivity contribution < 1.29 is 21.3 Å². The van der Waals surface area contributed by atoms with Gasteiger partial charge in [-0.3, -0.25) is 0 Å². The highest BCUT2D eigenvalue weighted by Crippen LogP contribution is 2.40. The molecule has 14 heavy (non-hydrogen) atoms. The fourth-order valence-corrected chi connectivity index (χ4v) is 7.16. The minimum Gasteiger partial charge on any atom is -0.209 e. The normalized spacial score (nSPS) is 40.6. The maximum absolute atomic E-state index is 13.0. The Morgan fingerprint density at radius 3 is 1.64 bits per heavy atom. The molecule has 2 aliphatic rings. The Hall–Kier alpha value is -0.210. The fraction of sp³-hybridized carbons (Fsp3) is 1.00. The standard InChI is InChI=1S/C6H10FNO4S2/c7-8-13(9,10)5-3-1-2-4-6(5)14(8,11)12/h5-6H,1-4H2. The molecule has 0 spiro atoms. The average Bonchev–Trinajstić information content (AvgIpc) is 2.28. The largest absolute Gasteiger partial charge is 0.258 e. The minimum atomic E-state index is -4.25. The SMILES string of the molecule is O=S1(=O)C2CCCCC2S(=O)(=O)N1F. The Kier molecular flexibility index (Phi) is 2.13. The van der Waals surface area contributed by atoms with Gasteiger partial charge in [-0.15, -0.1) is 4.48 Å². The molecule has 2 unspecified atom stereocenters. The molecule has 2 fully saturated rings. The molecule has 1 aliphatic heterocycles. The van der Waals surface area contributed by atoms with Crippen molar-refractivity contribution in [3.05, 3.63) is 0 Å². The van der Waals surface area contributed by atoms with Gasteiger partial charge in [-0.05, 0) is 12.8 Å². The lowest BCUT2D eigenvalue weighted by Gasteiger charge is -2.19. The first-order valence-corrected chi connectivity index (χ1v) is 7.33. The molecule has 1 heterocycles. The van der Waals surface area contributed by atoms with E-state index in [4.69, 9.17) is 0 Å². The Morgan fingerprint density at radius 2 is 1.29 bits per heavy atom. The molecule has 0 N–H and O–H groups in total. The van der Waals surface area contributed by atoms with Crippen LogP contribution in [0.1, 0.15) is 25.7 Å². The van der Waals surface area contributed by atoms with Crippen molar-refractivity contribution in [3.8, 4) is 0 Å². The summed E-state index contributed by atoms with van der Waals surface area (Å²) in [5.41, 5.74) is 0. The number of fused-ring (bicyclic) bond motifs is 1. The van der Waals surface area contributed by atoms with Gasteiger partial charge < -0.3 is 0 Å². The van der Waals surface area contributed by atoms with E-state index in [9.17, 15) is 21.3 Å². The predicted octanol–water partition coefficient (Wildman–Crippen LogP) is 0.157. The molecule has 0 bridgehead atoms. The van der Waals surface area contributed by atoms with E-state index in [1.807, 2.05) is 0 Å². The van der Waals surface area contributed by atoms with E-state index >= 15 is 0 Å². The average molecular weight is 243 g/mol. The van der Waals surface area contributed by atoms with E-state index in [0.717, 1.165) is 0 Å². The Balaban J connectivity index is 2.56. The van der Waals surface area contributed by atoms with Gasteiger partial charge in [0.15, 0.2) is 0 Å². The molecule has 1 saturated carbocycles. The summed E-state index contributed by atoms with van der Waals surface area (Å²) in [7, 11) is -8.51. The van der Waals surface area contributed by atoms with Crippen molar-refractivity contribution in [1.29, 1.82) is 0 Å². The lowest BCUT2D eigenvalue weighted by atomic mass is 10.00. The van der Waals surface area contributed by atoms with Crippen molar-refractivity contribution >= 4 is 20.0 Å². The van der Waals surface area contributed by atoms with Gasteiger partial charge in [0, 0.05) is 0 Å². The number of halogens is 1. The number of rotatable bonds is 0. The molecule has 1 saturated heterocycles. The summed E-state index contributed by atoms with van der Waals surface area (Å²) in [5, 5.41) is -2.13. The zero-order chi connectivity index (χ0) is 10.6. The molecular formula is C6H10FNO4S2. The molecule has 8 heteroatoms. The summed E-state index contributed by atoms with van der Waals surface area (Å²) in [6, 6.07) is 0. The third-order valence-corrected chi connectivity index (χ3v) is 7.69. The highest BCUT2D eigenvalue weighted by atomic mass is 32.3. The van der Waals surface area contributed by atoms with Crippen LogP contribution in [0.3, 0.4) is 0 Å². The van der Waals surface area contributed by atoms with Gasteiger partial charge in [-0.2, -0.15) is 0 Å². The topological polar surface area (TPSA) is 71.5 Å². The van der Waals surface area contributed by atoms with Crippen molar-refractivity contribution in [3.63, 3.8) is 0 Å². The quantitative estimate of drug-likeness (QED) is 0.568. The zero-order valence-electron chi connectivity index (χ0n) is 7.26. The first-order chi connectivity index (χ1) is 6.38. The first kappa shape index (κ1) is 10.3. The van der Waals surface area contributed by atoms with Gasteiger partial charge in [0.25, 0.3) is 20.0 Å². The van der Waals surface area contributed by atoms with Gasteiger partial charge in [0.1, 0.15) is 0 Å². The zero-order valence-corrected chi connectivity index (χ0v) is 8.89. The fourth-order valence-electron chi connectivity index (χ4n) is 2.10. The summed E-state index contributed by atoms with van der Waals surface area (Å²) in [6.45, 7) is 0. The monoisotopic (exact) mass is 243 g/mol. The molecule has 0 amide bonds. The molecule has 0 radical (unpaired) electrons. The van der Waals surface area contributed by atoms with Crippen molar-refractivity contribution in [1.82, 2.24) is 3.93 Å². The Labute approximate surface area is 81.9 Å². The number of sulfonamides is 2. The van der Waals surface area contributed by atoms with Crippen LogP contribution in [-0.4, -0.2) is 31.3 Å².